The first kappa shape index (κ1) is 17.1. The Morgan fingerprint density at radius 1 is 1.15 bits per heavy atom. The first-order valence-corrected chi connectivity index (χ1v) is 9.37. The van der Waals surface area contributed by atoms with Crippen LogP contribution in [0.25, 0.3) is 10.2 Å². The van der Waals surface area contributed by atoms with Crippen LogP contribution in [0.3, 0.4) is 0 Å². The van der Waals surface area contributed by atoms with E-state index in [1.165, 1.54) is 23.5 Å². The lowest BCUT2D eigenvalue weighted by molar-refractivity contribution is 0.0742. The van der Waals surface area contributed by atoms with Gasteiger partial charge in [0, 0.05) is 26.2 Å². The Balaban J connectivity index is 1.55. The molecule has 1 fully saturated rings. The van der Waals surface area contributed by atoms with Crippen molar-refractivity contribution in [3.63, 3.8) is 0 Å². The number of amides is 1. The first-order chi connectivity index (χ1) is 12.5. The molecule has 1 aromatic heterocycles. The summed E-state index contributed by atoms with van der Waals surface area (Å²) in [5.74, 6) is -0.782. The number of hydrogen-bond acceptors (Lipinski definition) is 5. The van der Waals surface area contributed by atoms with Crippen LogP contribution in [-0.4, -0.2) is 42.0 Å². The van der Waals surface area contributed by atoms with Crippen molar-refractivity contribution in [2.45, 2.75) is 0 Å². The minimum absolute atomic E-state index is 0.105. The number of carbonyl (C=O) groups excluding carboxylic acids is 1. The van der Waals surface area contributed by atoms with Crippen molar-refractivity contribution in [2.24, 2.45) is 0 Å². The topological polar surface area (TPSA) is 62.5 Å². The van der Waals surface area contributed by atoms with Gasteiger partial charge in [0.2, 0.25) is 0 Å². The quantitative estimate of drug-likeness (QED) is 0.725. The van der Waals surface area contributed by atoms with Gasteiger partial charge in [-0.05, 0) is 24.3 Å². The monoisotopic (exact) mass is 390 g/mol. The maximum Gasteiger partial charge on any atom is 0.256 e. The van der Waals surface area contributed by atoms with E-state index in [0.29, 0.717) is 36.3 Å². The first-order valence-electron chi connectivity index (χ1n) is 8.18. The van der Waals surface area contributed by atoms with Crippen molar-refractivity contribution >= 4 is 49.9 Å². The number of piperazine rings is 1. The second-order valence-corrected chi connectivity index (χ2v) is 7.52. The fraction of sp³-hybridized carbons (Fsp3) is 0.222. The summed E-state index contributed by atoms with van der Waals surface area (Å²) in [6.07, 6.45) is 0. The van der Waals surface area contributed by atoms with Crippen LogP contribution >= 0.6 is 22.9 Å². The molecule has 0 aliphatic carbocycles. The maximum absolute atomic E-state index is 13.9. The van der Waals surface area contributed by atoms with Gasteiger partial charge in [-0.2, -0.15) is 0 Å². The van der Waals surface area contributed by atoms with Crippen molar-refractivity contribution in [1.82, 2.24) is 9.88 Å². The molecule has 1 aliphatic heterocycles. The summed E-state index contributed by atoms with van der Waals surface area (Å²) in [5, 5.41) is 1.11. The molecule has 8 heteroatoms. The van der Waals surface area contributed by atoms with E-state index in [0.717, 1.165) is 15.9 Å². The molecule has 2 heterocycles. The average molecular weight is 391 g/mol. The SMILES string of the molecule is Nc1nc2c(N3CCN(C(=O)c4ccccc4F)CC3)c(Cl)ccc2s1. The molecule has 1 amide bonds. The smallest absolute Gasteiger partial charge is 0.256 e. The number of nitrogens with two attached hydrogens (primary N) is 1. The van der Waals surface area contributed by atoms with Crippen molar-refractivity contribution in [3.8, 4) is 0 Å². The fourth-order valence-electron chi connectivity index (χ4n) is 3.21. The summed E-state index contributed by atoms with van der Waals surface area (Å²) in [4.78, 5) is 20.7. The number of thiazole rings is 1. The van der Waals surface area contributed by atoms with Gasteiger partial charge in [-0.15, -0.1) is 0 Å². The summed E-state index contributed by atoms with van der Waals surface area (Å²) in [7, 11) is 0. The number of nitrogen functional groups attached to an aromatic ring is 1. The standard InChI is InChI=1S/C18H16ClFN4OS/c19-12-5-6-14-15(22-18(21)26-14)16(12)23-7-9-24(10-8-23)17(25)11-3-1-2-4-13(11)20/h1-6H,7-10H2,(H2,21,22). The molecule has 5 nitrogen and oxygen atoms in total. The van der Waals surface area contributed by atoms with Gasteiger partial charge < -0.3 is 15.5 Å². The van der Waals surface area contributed by atoms with E-state index < -0.39 is 5.82 Å². The molecule has 0 radical (unpaired) electrons. The van der Waals surface area contributed by atoms with Crippen LogP contribution in [0, 0.1) is 5.82 Å². The van der Waals surface area contributed by atoms with Crippen molar-refractivity contribution in [3.05, 3.63) is 52.8 Å². The Hall–Kier alpha value is -2.38. The molecule has 2 N–H and O–H groups in total. The number of anilines is 2. The lowest BCUT2D eigenvalue weighted by Gasteiger charge is -2.36. The zero-order valence-electron chi connectivity index (χ0n) is 13.8. The van der Waals surface area contributed by atoms with Crippen LogP contribution in [0.5, 0.6) is 0 Å². The third-order valence-corrected chi connectivity index (χ3v) is 5.64. The highest BCUT2D eigenvalue weighted by molar-refractivity contribution is 7.22. The van der Waals surface area contributed by atoms with Crippen molar-refractivity contribution in [1.29, 1.82) is 0 Å². The number of carbonyl (C=O) groups is 1. The molecule has 3 aromatic rings. The Kier molecular flexibility index (Phi) is 4.42. The van der Waals surface area contributed by atoms with E-state index in [1.54, 1.807) is 17.0 Å². The number of benzene rings is 2. The second-order valence-electron chi connectivity index (χ2n) is 6.05. The van der Waals surface area contributed by atoms with Crippen LogP contribution in [0.15, 0.2) is 36.4 Å². The van der Waals surface area contributed by atoms with Gasteiger partial charge in [0.1, 0.15) is 11.3 Å². The van der Waals surface area contributed by atoms with Crippen molar-refractivity contribution in [2.75, 3.05) is 36.8 Å². The molecule has 134 valence electrons. The molecule has 2 aromatic carbocycles. The Morgan fingerprint density at radius 3 is 2.62 bits per heavy atom. The predicted molar refractivity (Wildman–Crippen MR) is 104 cm³/mol. The van der Waals surface area contributed by atoms with E-state index in [2.05, 4.69) is 9.88 Å². The molecule has 26 heavy (non-hydrogen) atoms. The minimum Gasteiger partial charge on any atom is -0.375 e. The van der Waals surface area contributed by atoms with Crippen LogP contribution in [0.2, 0.25) is 5.02 Å². The highest BCUT2D eigenvalue weighted by atomic mass is 35.5. The summed E-state index contributed by atoms with van der Waals surface area (Å²) in [6, 6.07) is 9.81. The number of nitrogens with zero attached hydrogens (tertiary/aromatic N) is 3. The summed E-state index contributed by atoms with van der Waals surface area (Å²) in [6.45, 7) is 2.16. The van der Waals surface area contributed by atoms with Crippen LogP contribution < -0.4 is 10.6 Å². The lowest BCUT2D eigenvalue weighted by Crippen LogP contribution is -2.49. The van der Waals surface area contributed by atoms with E-state index in [9.17, 15) is 9.18 Å². The highest BCUT2D eigenvalue weighted by Crippen LogP contribution is 2.37. The number of hydrogen-bond donors (Lipinski definition) is 1. The Bertz CT molecular complexity index is 984. The van der Waals surface area contributed by atoms with Crippen LogP contribution in [-0.2, 0) is 0 Å². The number of fused-ring (bicyclic) bond motifs is 1. The molecule has 0 bridgehead atoms. The molecule has 1 aliphatic rings. The third kappa shape index (κ3) is 2.97. The zero-order chi connectivity index (χ0) is 18.3. The molecule has 1 saturated heterocycles. The van der Waals surface area contributed by atoms with E-state index in [4.69, 9.17) is 17.3 Å². The minimum atomic E-state index is -0.495. The number of aromatic nitrogens is 1. The summed E-state index contributed by atoms with van der Waals surface area (Å²) < 4.78 is 14.9. The maximum atomic E-state index is 13.9. The number of halogens is 2. The fourth-order valence-corrected chi connectivity index (χ4v) is 4.22. The van der Waals surface area contributed by atoms with Gasteiger partial charge in [0.25, 0.3) is 5.91 Å². The van der Waals surface area contributed by atoms with Gasteiger partial charge >= 0.3 is 0 Å². The van der Waals surface area contributed by atoms with Crippen molar-refractivity contribution < 1.29 is 9.18 Å². The Labute approximate surface area is 158 Å². The summed E-state index contributed by atoms with van der Waals surface area (Å²) >= 11 is 7.83. The normalized spacial score (nSPS) is 14.8. The van der Waals surface area contributed by atoms with E-state index >= 15 is 0 Å². The van der Waals surface area contributed by atoms with Gasteiger partial charge in [0.05, 0.1) is 21.0 Å². The zero-order valence-corrected chi connectivity index (χ0v) is 15.4. The van der Waals surface area contributed by atoms with E-state index in [1.807, 2.05) is 12.1 Å². The van der Waals surface area contributed by atoms with Gasteiger partial charge in [-0.3, -0.25) is 4.79 Å². The molecule has 0 unspecified atom stereocenters. The van der Waals surface area contributed by atoms with Crippen LogP contribution in [0.4, 0.5) is 15.2 Å². The average Bonchev–Trinajstić information content (AvgIpc) is 3.02. The second kappa shape index (κ2) is 6.74. The molecular weight excluding hydrogens is 375 g/mol. The molecule has 4 rings (SSSR count). The highest BCUT2D eigenvalue weighted by Gasteiger charge is 2.26. The lowest BCUT2D eigenvalue weighted by atomic mass is 10.1. The van der Waals surface area contributed by atoms with Crippen LogP contribution in [0.1, 0.15) is 10.4 Å². The molecule has 0 atom stereocenters. The third-order valence-electron chi connectivity index (χ3n) is 4.49. The van der Waals surface area contributed by atoms with Gasteiger partial charge in [0.15, 0.2) is 5.13 Å². The molecule has 0 spiro atoms. The van der Waals surface area contributed by atoms with Gasteiger partial charge in [-0.1, -0.05) is 35.1 Å². The molecule has 0 saturated carbocycles. The predicted octanol–water partition coefficient (Wildman–Crippen LogP) is 3.63. The summed E-state index contributed by atoms with van der Waals surface area (Å²) in [5.41, 5.74) is 7.57. The van der Waals surface area contributed by atoms with Gasteiger partial charge in [-0.25, -0.2) is 9.37 Å². The van der Waals surface area contributed by atoms with E-state index in [-0.39, 0.29) is 11.5 Å². The molecular formula is C18H16ClFN4OS. The Morgan fingerprint density at radius 2 is 1.88 bits per heavy atom. The number of rotatable bonds is 2. The largest absolute Gasteiger partial charge is 0.375 e.